The van der Waals surface area contributed by atoms with Gasteiger partial charge in [-0.1, -0.05) is 11.6 Å². The summed E-state index contributed by atoms with van der Waals surface area (Å²) in [5, 5.41) is 9.81. The summed E-state index contributed by atoms with van der Waals surface area (Å²) in [5.41, 5.74) is 0.360. The van der Waals surface area contributed by atoms with Gasteiger partial charge in [0, 0.05) is 10.6 Å². The van der Waals surface area contributed by atoms with Gasteiger partial charge < -0.3 is 14.2 Å². The Morgan fingerprint density at radius 3 is 2.12 bits per heavy atom. The molecule has 0 fully saturated rings. The van der Waals surface area contributed by atoms with Gasteiger partial charge in [-0.05, 0) is 42.5 Å². The van der Waals surface area contributed by atoms with E-state index in [1.165, 1.54) is 51.7 Å². The highest BCUT2D eigenvalue weighted by atomic mass is 35.5. The molecule has 8 heteroatoms. The third-order valence-corrected chi connectivity index (χ3v) is 5.48. The van der Waals surface area contributed by atoms with Crippen molar-refractivity contribution in [2.24, 2.45) is 0 Å². The minimum atomic E-state index is -4.01. The molecule has 0 saturated heterocycles. The average Bonchev–Trinajstić information content (AvgIpc) is 2.65. The largest absolute Gasteiger partial charge is 0.493 e. The SMILES string of the molecule is COc1ccc(C=C(C#N)S(=O)(=O)c2ccc(Cl)cc2)c(OC)c1OC. The van der Waals surface area contributed by atoms with Crippen LogP contribution in [-0.2, 0) is 9.84 Å². The van der Waals surface area contributed by atoms with E-state index in [2.05, 4.69) is 0 Å². The topological polar surface area (TPSA) is 85.6 Å². The van der Waals surface area contributed by atoms with Crippen LogP contribution in [0.3, 0.4) is 0 Å². The third-order valence-electron chi connectivity index (χ3n) is 3.54. The van der Waals surface area contributed by atoms with Gasteiger partial charge in [0.1, 0.15) is 11.0 Å². The van der Waals surface area contributed by atoms with Gasteiger partial charge in [0.05, 0.1) is 26.2 Å². The molecule has 0 aromatic heterocycles. The molecular formula is C18H16ClNO5S. The minimum Gasteiger partial charge on any atom is -0.493 e. The van der Waals surface area contributed by atoms with E-state index in [0.29, 0.717) is 22.1 Å². The van der Waals surface area contributed by atoms with E-state index in [1.54, 1.807) is 18.2 Å². The molecule has 26 heavy (non-hydrogen) atoms. The number of rotatable bonds is 6. The number of halogens is 1. The lowest BCUT2D eigenvalue weighted by Gasteiger charge is -2.14. The first-order valence-corrected chi connectivity index (χ1v) is 9.16. The first kappa shape index (κ1) is 19.6. The highest BCUT2D eigenvalue weighted by Crippen LogP contribution is 2.41. The average molecular weight is 394 g/mol. The maximum absolute atomic E-state index is 12.7. The number of sulfone groups is 1. The molecule has 0 spiro atoms. The molecule has 0 heterocycles. The fourth-order valence-corrected chi connectivity index (χ4v) is 3.57. The monoisotopic (exact) mass is 393 g/mol. The number of benzene rings is 2. The van der Waals surface area contributed by atoms with Crippen LogP contribution in [0, 0.1) is 11.3 Å². The molecule has 136 valence electrons. The molecular weight excluding hydrogens is 378 g/mol. The van der Waals surface area contributed by atoms with Crippen molar-refractivity contribution in [3.8, 4) is 23.3 Å². The Hall–Kier alpha value is -2.69. The zero-order valence-electron chi connectivity index (χ0n) is 14.3. The van der Waals surface area contributed by atoms with Gasteiger partial charge in [-0.15, -0.1) is 0 Å². The van der Waals surface area contributed by atoms with E-state index < -0.39 is 14.7 Å². The lowest BCUT2D eigenvalue weighted by atomic mass is 10.1. The van der Waals surface area contributed by atoms with E-state index in [0.717, 1.165) is 0 Å². The molecule has 2 aromatic carbocycles. The van der Waals surface area contributed by atoms with Crippen LogP contribution in [-0.4, -0.2) is 29.7 Å². The standard InChI is InChI=1S/C18H16ClNO5S/c1-23-16-9-4-12(17(24-2)18(16)25-3)10-15(11-20)26(21,22)14-7-5-13(19)6-8-14/h4-10H,1-3H3. The molecule has 0 amide bonds. The fraction of sp³-hybridized carbons (Fsp3) is 0.167. The molecule has 0 atom stereocenters. The van der Waals surface area contributed by atoms with Gasteiger partial charge in [-0.3, -0.25) is 0 Å². The van der Waals surface area contributed by atoms with Crippen molar-refractivity contribution in [3.63, 3.8) is 0 Å². The number of nitriles is 1. The van der Waals surface area contributed by atoms with Gasteiger partial charge in [0.25, 0.3) is 0 Å². The molecule has 2 rings (SSSR count). The molecule has 0 radical (unpaired) electrons. The van der Waals surface area contributed by atoms with Crippen LogP contribution in [0.25, 0.3) is 6.08 Å². The van der Waals surface area contributed by atoms with Crippen molar-refractivity contribution in [2.75, 3.05) is 21.3 Å². The Labute approximate surface area is 157 Å². The first-order chi connectivity index (χ1) is 12.4. The van der Waals surface area contributed by atoms with Crippen LogP contribution in [0.4, 0.5) is 0 Å². The number of ether oxygens (including phenoxy) is 3. The van der Waals surface area contributed by atoms with Gasteiger partial charge in [-0.25, -0.2) is 8.42 Å². The second-order valence-electron chi connectivity index (χ2n) is 5.00. The first-order valence-electron chi connectivity index (χ1n) is 7.30. The highest BCUT2D eigenvalue weighted by molar-refractivity contribution is 7.95. The van der Waals surface area contributed by atoms with Gasteiger partial charge in [0.2, 0.25) is 15.6 Å². The van der Waals surface area contributed by atoms with Crippen molar-refractivity contribution in [3.05, 3.63) is 51.9 Å². The summed E-state index contributed by atoms with van der Waals surface area (Å²) in [7, 11) is 0.303. The van der Waals surface area contributed by atoms with Crippen molar-refractivity contribution >= 4 is 27.5 Å². The zero-order valence-corrected chi connectivity index (χ0v) is 15.9. The summed E-state index contributed by atoms with van der Waals surface area (Å²) < 4.78 is 41.2. The number of allylic oxidation sites excluding steroid dienone is 1. The van der Waals surface area contributed by atoms with Gasteiger partial charge in [0.15, 0.2) is 11.5 Å². The van der Waals surface area contributed by atoms with Crippen LogP contribution in [0.2, 0.25) is 5.02 Å². The van der Waals surface area contributed by atoms with E-state index in [4.69, 9.17) is 25.8 Å². The van der Waals surface area contributed by atoms with E-state index in [-0.39, 0.29) is 10.6 Å². The van der Waals surface area contributed by atoms with Crippen LogP contribution in [0.1, 0.15) is 5.56 Å². The molecule has 2 aromatic rings. The summed E-state index contributed by atoms with van der Waals surface area (Å²) >= 11 is 5.79. The van der Waals surface area contributed by atoms with E-state index in [1.807, 2.05) is 0 Å². The number of nitrogens with zero attached hydrogens (tertiary/aromatic N) is 1. The Morgan fingerprint density at radius 1 is 1.00 bits per heavy atom. The second kappa shape index (κ2) is 8.13. The van der Waals surface area contributed by atoms with E-state index >= 15 is 0 Å². The molecule has 0 saturated carbocycles. The minimum absolute atomic E-state index is 0.0332. The Morgan fingerprint density at radius 2 is 1.62 bits per heavy atom. The lowest BCUT2D eigenvalue weighted by Crippen LogP contribution is -2.04. The quantitative estimate of drug-likeness (QED) is 0.695. The number of methoxy groups -OCH3 is 3. The van der Waals surface area contributed by atoms with Crippen LogP contribution < -0.4 is 14.2 Å². The van der Waals surface area contributed by atoms with Crippen molar-refractivity contribution in [1.29, 1.82) is 5.26 Å². The molecule has 0 unspecified atom stereocenters. The summed E-state index contributed by atoms with van der Waals surface area (Å²) in [5.74, 6) is 0.969. The predicted molar refractivity (Wildman–Crippen MR) is 98.3 cm³/mol. The summed E-state index contributed by atoms with van der Waals surface area (Å²) in [6.45, 7) is 0. The fourth-order valence-electron chi connectivity index (χ4n) is 2.29. The Balaban J connectivity index is 2.63. The smallest absolute Gasteiger partial charge is 0.216 e. The summed E-state index contributed by atoms with van der Waals surface area (Å²) in [6, 6.07) is 10.5. The number of hydrogen-bond acceptors (Lipinski definition) is 6. The summed E-state index contributed by atoms with van der Waals surface area (Å²) in [6.07, 6.45) is 1.23. The molecule has 0 N–H and O–H groups in total. The molecule has 6 nitrogen and oxygen atoms in total. The van der Waals surface area contributed by atoms with E-state index in [9.17, 15) is 13.7 Å². The van der Waals surface area contributed by atoms with Crippen molar-refractivity contribution in [1.82, 2.24) is 0 Å². The van der Waals surface area contributed by atoms with Crippen LogP contribution in [0.15, 0.2) is 46.2 Å². The maximum Gasteiger partial charge on any atom is 0.216 e. The van der Waals surface area contributed by atoms with Crippen molar-refractivity contribution < 1.29 is 22.6 Å². The van der Waals surface area contributed by atoms with Gasteiger partial charge in [-0.2, -0.15) is 5.26 Å². The normalized spacial score (nSPS) is 11.6. The highest BCUT2D eigenvalue weighted by Gasteiger charge is 2.23. The Kier molecular flexibility index (Phi) is 6.14. The summed E-state index contributed by atoms with van der Waals surface area (Å²) in [4.78, 5) is -0.473. The van der Waals surface area contributed by atoms with Crippen LogP contribution >= 0.6 is 11.6 Å². The lowest BCUT2D eigenvalue weighted by molar-refractivity contribution is 0.324. The molecule has 0 aliphatic carbocycles. The third kappa shape index (κ3) is 3.77. The number of hydrogen-bond donors (Lipinski definition) is 0. The molecule has 0 bridgehead atoms. The predicted octanol–water partition coefficient (Wildman–Crippen LogP) is 3.70. The maximum atomic E-state index is 12.7. The van der Waals surface area contributed by atoms with Crippen LogP contribution in [0.5, 0.6) is 17.2 Å². The zero-order chi connectivity index (χ0) is 19.3. The molecule has 0 aliphatic rings. The Bertz CT molecular complexity index is 976. The van der Waals surface area contributed by atoms with Crippen molar-refractivity contribution in [2.45, 2.75) is 4.90 Å². The molecule has 0 aliphatic heterocycles. The van der Waals surface area contributed by atoms with Gasteiger partial charge >= 0.3 is 0 Å². The second-order valence-corrected chi connectivity index (χ2v) is 7.36.